The van der Waals surface area contributed by atoms with E-state index >= 15 is 0 Å². The van der Waals surface area contributed by atoms with Crippen LogP contribution in [0.3, 0.4) is 0 Å². The third kappa shape index (κ3) is 2.76. The van der Waals surface area contributed by atoms with Crippen LogP contribution in [0.25, 0.3) is 5.69 Å². The van der Waals surface area contributed by atoms with Crippen molar-refractivity contribution in [3.8, 4) is 5.69 Å². The van der Waals surface area contributed by atoms with Crippen LogP contribution in [0.5, 0.6) is 0 Å². The summed E-state index contributed by atoms with van der Waals surface area (Å²) < 4.78 is 12.8. The van der Waals surface area contributed by atoms with E-state index in [1.807, 2.05) is 0 Å². The molecule has 0 unspecified atom stereocenters. The summed E-state index contributed by atoms with van der Waals surface area (Å²) in [6.07, 6.45) is 0. The highest BCUT2D eigenvalue weighted by Gasteiger charge is 2.17. The Balaban J connectivity index is 2.38. The second-order valence-corrected chi connectivity index (χ2v) is 3.78. The van der Waals surface area contributed by atoms with E-state index in [0.29, 0.717) is 12.2 Å². The number of carbonyl (C=O) groups excluding carboxylic acids is 1. The van der Waals surface area contributed by atoms with E-state index < -0.39 is 12.5 Å². The minimum Gasteiger partial charge on any atom is -0.390 e. The van der Waals surface area contributed by atoms with Gasteiger partial charge in [0.15, 0.2) is 5.69 Å². The maximum absolute atomic E-state index is 12.8. The predicted octanol–water partition coefficient (Wildman–Crippen LogP) is 0.648. The van der Waals surface area contributed by atoms with Gasteiger partial charge in [-0.1, -0.05) is 0 Å². The average Bonchev–Trinajstić information content (AvgIpc) is 2.84. The summed E-state index contributed by atoms with van der Waals surface area (Å²) in [4.78, 5) is 12.9. The van der Waals surface area contributed by atoms with Crippen molar-refractivity contribution in [1.29, 1.82) is 0 Å². The Morgan fingerprint density at radius 3 is 2.63 bits per heavy atom. The lowest BCUT2D eigenvalue weighted by Gasteiger charge is -1.99. The van der Waals surface area contributed by atoms with Gasteiger partial charge in [0.2, 0.25) is 0 Å². The summed E-state index contributed by atoms with van der Waals surface area (Å²) in [6.45, 7) is 1.84. The lowest BCUT2D eigenvalue weighted by molar-refractivity contribution is 0.0947. The monoisotopic (exact) mass is 264 g/mol. The van der Waals surface area contributed by atoms with E-state index in [4.69, 9.17) is 0 Å². The van der Waals surface area contributed by atoms with Crippen molar-refractivity contribution in [3.63, 3.8) is 0 Å². The molecule has 0 aliphatic rings. The number of hydrogen-bond acceptors (Lipinski definition) is 4. The molecule has 6 nitrogen and oxygen atoms in total. The van der Waals surface area contributed by atoms with Crippen molar-refractivity contribution in [2.45, 2.75) is 13.5 Å². The maximum Gasteiger partial charge on any atom is 0.273 e. The number of hydrogen-bond donors (Lipinski definition) is 2. The van der Waals surface area contributed by atoms with Crippen LogP contribution in [0.15, 0.2) is 24.3 Å². The summed E-state index contributed by atoms with van der Waals surface area (Å²) in [7, 11) is 0. The van der Waals surface area contributed by atoms with Crippen LogP contribution in [0.1, 0.15) is 23.1 Å². The van der Waals surface area contributed by atoms with Gasteiger partial charge in [0.05, 0.1) is 12.3 Å². The molecule has 0 atom stereocenters. The zero-order valence-electron chi connectivity index (χ0n) is 10.3. The largest absolute Gasteiger partial charge is 0.390 e. The van der Waals surface area contributed by atoms with Crippen LogP contribution >= 0.6 is 0 Å². The van der Waals surface area contributed by atoms with Crippen LogP contribution in [-0.2, 0) is 6.61 Å². The predicted molar refractivity (Wildman–Crippen MR) is 65.2 cm³/mol. The molecule has 1 heterocycles. The van der Waals surface area contributed by atoms with Crippen LogP contribution in [0.4, 0.5) is 4.39 Å². The van der Waals surface area contributed by atoms with E-state index in [2.05, 4.69) is 15.5 Å². The van der Waals surface area contributed by atoms with Crippen LogP contribution in [0.2, 0.25) is 0 Å². The second-order valence-electron chi connectivity index (χ2n) is 3.78. The molecule has 1 amide bonds. The highest BCUT2D eigenvalue weighted by Crippen LogP contribution is 2.10. The van der Waals surface area contributed by atoms with E-state index in [0.717, 1.165) is 0 Å². The van der Waals surface area contributed by atoms with Gasteiger partial charge in [-0.3, -0.25) is 4.79 Å². The van der Waals surface area contributed by atoms with E-state index in [-0.39, 0.29) is 17.2 Å². The third-order valence-electron chi connectivity index (χ3n) is 2.44. The van der Waals surface area contributed by atoms with Crippen molar-refractivity contribution in [2.24, 2.45) is 0 Å². The van der Waals surface area contributed by atoms with Gasteiger partial charge < -0.3 is 10.4 Å². The zero-order valence-corrected chi connectivity index (χ0v) is 10.3. The Morgan fingerprint density at radius 1 is 1.37 bits per heavy atom. The number of aliphatic hydroxyl groups is 1. The molecule has 0 aliphatic heterocycles. The first-order valence-electron chi connectivity index (χ1n) is 5.77. The molecule has 0 bridgehead atoms. The molecule has 2 rings (SSSR count). The summed E-state index contributed by atoms with van der Waals surface area (Å²) in [6, 6.07) is 5.50. The van der Waals surface area contributed by atoms with Gasteiger partial charge >= 0.3 is 0 Å². The number of benzene rings is 1. The molecule has 2 aromatic rings. The van der Waals surface area contributed by atoms with Gasteiger partial charge in [-0.15, -0.1) is 10.2 Å². The molecular weight excluding hydrogens is 251 g/mol. The van der Waals surface area contributed by atoms with Crippen molar-refractivity contribution in [2.75, 3.05) is 6.54 Å². The molecule has 0 saturated heterocycles. The molecule has 0 aliphatic carbocycles. The number of aliphatic hydroxyl groups excluding tert-OH is 1. The first-order valence-corrected chi connectivity index (χ1v) is 5.77. The van der Waals surface area contributed by atoms with Crippen LogP contribution in [0, 0.1) is 5.82 Å². The first kappa shape index (κ1) is 13.2. The van der Waals surface area contributed by atoms with E-state index in [9.17, 15) is 14.3 Å². The Hall–Kier alpha value is -2.28. The number of carbonyl (C=O) groups is 1. The summed E-state index contributed by atoms with van der Waals surface area (Å²) in [5, 5.41) is 19.8. The van der Waals surface area contributed by atoms with Gasteiger partial charge in [0.25, 0.3) is 5.91 Å². The molecule has 0 radical (unpaired) electrons. The smallest absolute Gasteiger partial charge is 0.273 e. The normalized spacial score (nSPS) is 10.5. The summed E-state index contributed by atoms with van der Waals surface area (Å²) in [5.74, 6) is -0.776. The molecule has 1 aromatic carbocycles. The molecular formula is C12H13FN4O2. The third-order valence-corrected chi connectivity index (χ3v) is 2.44. The van der Waals surface area contributed by atoms with Crippen molar-refractivity contribution >= 4 is 5.91 Å². The van der Waals surface area contributed by atoms with Crippen molar-refractivity contribution in [1.82, 2.24) is 20.3 Å². The Bertz CT molecular complexity index is 580. The van der Waals surface area contributed by atoms with Crippen LogP contribution in [-0.4, -0.2) is 32.6 Å². The maximum atomic E-state index is 12.8. The number of nitrogens with one attached hydrogen (secondary N) is 1. The molecule has 0 spiro atoms. The Labute approximate surface area is 108 Å². The summed E-state index contributed by atoms with van der Waals surface area (Å²) in [5.41, 5.74) is 0.746. The molecule has 0 fully saturated rings. The Morgan fingerprint density at radius 2 is 2.05 bits per heavy atom. The summed E-state index contributed by atoms with van der Waals surface area (Å²) >= 11 is 0. The van der Waals surface area contributed by atoms with Crippen molar-refractivity contribution in [3.05, 3.63) is 41.5 Å². The Kier molecular flexibility index (Phi) is 3.86. The lowest BCUT2D eigenvalue weighted by Crippen LogP contribution is -2.24. The van der Waals surface area contributed by atoms with Gasteiger partial charge in [0, 0.05) is 6.54 Å². The highest BCUT2D eigenvalue weighted by atomic mass is 19.1. The van der Waals surface area contributed by atoms with Gasteiger partial charge in [-0.2, -0.15) is 4.80 Å². The SMILES string of the molecule is CCNC(=O)c1nn(-c2ccc(F)cc2)nc1CO. The van der Waals surface area contributed by atoms with Crippen molar-refractivity contribution < 1.29 is 14.3 Å². The highest BCUT2D eigenvalue weighted by molar-refractivity contribution is 5.93. The van der Waals surface area contributed by atoms with E-state index in [1.165, 1.54) is 29.1 Å². The molecule has 100 valence electrons. The second kappa shape index (κ2) is 5.57. The first-order chi connectivity index (χ1) is 9.15. The minimum absolute atomic E-state index is 0.0636. The number of amides is 1. The fourth-order valence-corrected chi connectivity index (χ4v) is 1.55. The number of halogens is 1. The standard InChI is InChI=1S/C12H13FN4O2/c1-2-14-12(19)11-10(7-18)15-17(16-11)9-5-3-8(13)4-6-9/h3-6,18H,2,7H2,1H3,(H,14,19). The zero-order chi connectivity index (χ0) is 13.8. The van der Waals surface area contributed by atoms with Gasteiger partial charge in [-0.05, 0) is 31.2 Å². The number of rotatable bonds is 4. The van der Waals surface area contributed by atoms with Gasteiger partial charge in [-0.25, -0.2) is 4.39 Å². The lowest BCUT2D eigenvalue weighted by atomic mass is 10.3. The number of aromatic nitrogens is 3. The fourth-order valence-electron chi connectivity index (χ4n) is 1.55. The van der Waals surface area contributed by atoms with Crippen LogP contribution < -0.4 is 5.32 Å². The number of nitrogens with zero attached hydrogens (tertiary/aromatic N) is 3. The quantitative estimate of drug-likeness (QED) is 0.849. The molecule has 1 aromatic heterocycles. The van der Waals surface area contributed by atoms with E-state index in [1.54, 1.807) is 6.92 Å². The average molecular weight is 264 g/mol. The fraction of sp³-hybridized carbons (Fsp3) is 0.250. The molecule has 7 heteroatoms. The topological polar surface area (TPSA) is 80.0 Å². The molecule has 2 N–H and O–H groups in total. The van der Waals surface area contributed by atoms with Gasteiger partial charge in [0.1, 0.15) is 11.5 Å². The molecule has 0 saturated carbocycles. The molecule has 19 heavy (non-hydrogen) atoms. The minimum atomic E-state index is -0.403.